The number of hydrogen-bond donors (Lipinski definition) is 0. The molecule has 1 aromatic heterocycles. The molecule has 162 valence electrons. The van der Waals surface area contributed by atoms with Gasteiger partial charge in [-0.3, -0.25) is 19.3 Å². The van der Waals surface area contributed by atoms with Gasteiger partial charge < -0.3 is 13.9 Å². The summed E-state index contributed by atoms with van der Waals surface area (Å²) in [6.45, 7) is 1.68. The molecule has 2 aliphatic rings. The number of allylic oxidation sites excluding steroid dienone is 2. The van der Waals surface area contributed by atoms with Gasteiger partial charge in [-0.25, -0.2) is 4.79 Å². The van der Waals surface area contributed by atoms with Crippen LogP contribution in [0.4, 0.5) is 0 Å². The molecule has 4 rings (SSSR count). The predicted molar refractivity (Wildman–Crippen MR) is 109 cm³/mol. The van der Waals surface area contributed by atoms with E-state index in [4.69, 9.17) is 13.9 Å². The average molecular weight is 425 g/mol. The molecule has 0 spiro atoms. The smallest absolute Gasteiger partial charge is 0.374 e. The Bertz CT molecular complexity index is 1040. The van der Waals surface area contributed by atoms with Crippen LogP contribution in [-0.2, 0) is 30.5 Å². The summed E-state index contributed by atoms with van der Waals surface area (Å²) in [7, 11) is 0. The minimum atomic E-state index is -0.630. The van der Waals surface area contributed by atoms with E-state index in [1.807, 2.05) is 12.2 Å². The van der Waals surface area contributed by atoms with E-state index < -0.39 is 11.9 Å². The van der Waals surface area contributed by atoms with Crippen LogP contribution in [0.2, 0.25) is 0 Å². The molecule has 1 fully saturated rings. The summed E-state index contributed by atoms with van der Waals surface area (Å²) in [6, 6.07) is 7.04. The number of ether oxygens (including phenoxy) is 2. The van der Waals surface area contributed by atoms with Crippen LogP contribution in [0.25, 0.3) is 11.0 Å². The number of furan rings is 1. The number of imide groups is 1. The third-order valence-electron chi connectivity index (χ3n) is 5.68. The second-order valence-corrected chi connectivity index (χ2v) is 7.52. The molecule has 1 saturated heterocycles. The molecule has 31 heavy (non-hydrogen) atoms. The number of esters is 2. The first-order valence-electron chi connectivity index (χ1n) is 10.3. The summed E-state index contributed by atoms with van der Waals surface area (Å²) < 4.78 is 16.0. The zero-order valence-electron chi connectivity index (χ0n) is 17.2. The summed E-state index contributed by atoms with van der Waals surface area (Å²) in [5, 5.41) is 0.653. The van der Waals surface area contributed by atoms with Gasteiger partial charge in [0.15, 0.2) is 0 Å². The van der Waals surface area contributed by atoms with Gasteiger partial charge in [0.2, 0.25) is 17.6 Å². The van der Waals surface area contributed by atoms with Crippen LogP contribution >= 0.6 is 0 Å². The highest BCUT2D eigenvalue weighted by atomic mass is 16.5. The largest absolute Gasteiger partial charge is 0.461 e. The van der Waals surface area contributed by atoms with E-state index in [1.165, 1.54) is 4.90 Å². The Labute approximate surface area is 178 Å². The quantitative estimate of drug-likeness (QED) is 0.382. The highest BCUT2D eigenvalue weighted by Gasteiger charge is 2.46. The fraction of sp³-hybridized carbons (Fsp3) is 0.391. The number of fused-ring (bicyclic) bond motifs is 2. The Kier molecular flexibility index (Phi) is 5.88. The standard InChI is InChI=1S/C23H23NO7/c1-2-29-23(28)20-17(14-7-5-6-10-18(14)31-20)13-30-19(25)11-12-24-21(26)15-8-3-4-9-16(15)22(24)27/h3-7,10,15-16H,2,8-9,11-13H2,1H3/t15-,16+. The summed E-state index contributed by atoms with van der Waals surface area (Å²) >= 11 is 0. The van der Waals surface area contributed by atoms with Gasteiger partial charge in [-0.2, -0.15) is 0 Å². The van der Waals surface area contributed by atoms with Crippen LogP contribution in [-0.4, -0.2) is 41.8 Å². The molecule has 1 aromatic carbocycles. The van der Waals surface area contributed by atoms with E-state index in [0.29, 0.717) is 29.4 Å². The van der Waals surface area contributed by atoms with E-state index in [0.717, 1.165) is 0 Å². The van der Waals surface area contributed by atoms with Crippen LogP contribution in [0.5, 0.6) is 0 Å². The van der Waals surface area contributed by atoms with Crippen molar-refractivity contribution in [1.82, 2.24) is 4.90 Å². The molecule has 0 unspecified atom stereocenters. The Morgan fingerprint density at radius 1 is 1.06 bits per heavy atom. The number of hydrogen-bond acceptors (Lipinski definition) is 7. The number of carbonyl (C=O) groups is 4. The van der Waals surface area contributed by atoms with Gasteiger partial charge in [-0.1, -0.05) is 30.4 Å². The molecule has 8 heteroatoms. The van der Waals surface area contributed by atoms with Crippen LogP contribution < -0.4 is 0 Å². The van der Waals surface area contributed by atoms with Gasteiger partial charge >= 0.3 is 11.9 Å². The molecule has 0 saturated carbocycles. The number of nitrogens with zero attached hydrogens (tertiary/aromatic N) is 1. The van der Waals surface area contributed by atoms with Crippen molar-refractivity contribution in [2.75, 3.05) is 13.2 Å². The average Bonchev–Trinajstić information content (AvgIpc) is 3.27. The lowest BCUT2D eigenvalue weighted by molar-refractivity contribution is -0.146. The van der Waals surface area contributed by atoms with Gasteiger partial charge in [0.05, 0.1) is 30.4 Å². The van der Waals surface area contributed by atoms with Crippen molar-refractivity contribution in [3.05, 3.63) is 47.7 Å². The topological polar surface area (TPSA) is 103 Å². The molecule has 0 bridgehead atoms. The molecule has 8 nitrogen and oxygen atoms in total. The number of para-hydroxylation sites is 1. The van der Waals surface area contributed by atoms with E-state index in [9.17, 15) is 19.2 Å². The maximum atomic E-state index is 12.5. The highest BCUT2D eigenvalue weighted by Crippen LogP contribution is 2.35. The van der Waals surface area contributed by atoms with Crippen molar-refractivity contribution < 1.29 is 33.1 Å². The van der Waals surface area contributed by atoms with Crippen molar-refractivity contribution in [2.24, 2.45) is 11.8 Å². The number of rotatable bonds is 7. The highest BCUT2D eigenvalue weighted by molar-refractivity contribution is 6.05. The number of likely N-dealkylation sites (tertiary alicyclic amines) is 1. The van der Waals surface area contributed by atoms with Crippen LogP contribution in [0, 0.1) is 11.8 Å². The Morgan fingerprint density at radius 3 is 2.42 bits per heavy atom. The Hall–Kier alpha value is -3.42. The molecule has 0 N–H and O–H groups in total. The lowest BCUT2D eigenvalue weighted by Crippen LogP contribution is -2.33. The maximum absolute atomic E-state index is 12.5. The fourth-order valence-corrected chi connectivity index (χ4v) is 4.12. The summed E-state index contributed by atoms with van der Waals surface area (Å²) in [6.07, 6.45) is 4.83. The van der Waals surface area contributed by atoms with Crippen LogP contribution in [0.15, 0.2) is 40.8 Å². The molecule has 2 heterocycles. The van der Waals surface area contributed by atoms with E-state index in [1.54, 1.807) is 31.2 Å². The Balaban J connectivity index is 1.40. The summed E-state index contributed by atoms with van der Waals surface area (Å²) in [5.74, 6) is -2.30. The first-order valence-corrected chi connectivity index (χ1v) is 10.3. The Morgan fingerprint density at radius 2 is 1.74 bits per heavy atom. The second kappa shape index (κ2) is 8.75. The molecule has 1 aliphatic heterocycles. The lowest BCUT2D eigenvalue weighted by atomic mass is 9.85. The molecule has 2 atom stereocenters. The zero-order chi connectivity index (χ0) is 22.0. The first-order chi connectivity index (χ1) is 15.0. The number of amides is 2. The monoisotopic (exact) mass is 425 g/mol. The third kappa shape index (κ3) is 3.97. The normalized spacial score (nSPS) is 20.2. The van der Waals surface area contributed by atoms with E-state index in [2.05, 4.69) is 0 Å². The predicted octanol–water partition coefficient (Wildman–Crippen LogP) is 2.99. The SMILES string of the molecule is CCOC(=O)c1oc2ccccc2c1COC(=O)CCN1C(=O)[C@H]2CC=CC[C@H]2C1=O. The van der Waals surface area contributed by atoms with Crippen molar-refractivity contribution in [3.8, 4) is 0 Å². The minimum Gasteiger partial charge on any atom is -0.461 e. The zero-order valence-corrected chi connectivity index (χ0v) is 17.2. The van der Waals surface area contributed by atoms with Gasteiger partial charge in [0, 0.05) is 11.9 Å². The van der Waals surface area contributed by atoms with Crippen molar-refractivity contribution >= 4 is 34.7 Å². The summed E-state index contributed by atoms with van der Waals surface area (Å²) in [4.78, 5) is 50.7. The third-order valence-corrected chi connectivity index (χ3v) is 5.68. The van der Waals surface area contributed by atoms with Crippen molar-refractivity contribution in [1.29, 1.82) is 0 Å². The van der Waals surface area contributed by atoms with Gasteiger partial charge in [-0.15, -0.1) is 0 Å². The van der Waals surface area contributed by atoms with E-state index >= 15 is 0 Å². The molecule has 2 amide bonds. The van der Waals surface area contributed by atoms with Crippen LogP contribution in [0.3, 0.4) is 0 Å². The van der Waals surface area contributed by atoms with Gasteiger partial charge in [-0.05, 0) is 25.8 Å². The molecule has 1 aliphatic carbocycles. The summed E-state index contributed by atoms with van der Waals surface area (Å²) in [5.41, 5.74) is 0.911. The van der Waals surface area contributed by atoms with Gasteiger partial charge in [0.25, 0.3) is 0 Å². The molecular weight excluding hydrogens is 402 g/mol. The second-order valence-electron chi connectivity index (χ2n) is 7.52. The number of carbonyl (C=O) groups excluding carboxylic acids is 4. The lowest BCUT2D eigenvalue weighted by Gasteiger charge is -2.14. The molecular formula is C23H23NO7. The van der Waals surface area contributed by atoms with Crippen LogP contribution in [0.1, 0.15) is 42.3 Å². The maximum Gasteiger partial charge on any atom is 0.374 e. The first kappa shape index (κ1) is 20.8. The van der Waals surface area contributed by atoms with E-state index in [-0.39, 0.29) is 55.6 Å². The van der Waals surface area contributed by atoms with Crippen molar-refractivity contribution in [3.63, 3.8) is 0 Å². The van der Waals surface area contributed by atoms with Gasteiger partial charge in [0.1, 0.15) is 12.2 Å². The molecule has 0 radical (unpaired) electrons. The molecule has 2 aromatic rings. The van der Waals surface area contributed by atoms with Crippen molar-refractivity contribution in [2.45, 2.75) is 32.8 Å². The number of benzene rings is 1. The fourth-order valence-electron chi connectivity index (χ4n) is 4.12. The minimum absolute atomic E-state index is 0.00248.